The largest absolute Gasteiger partial charge is 0.494 e. The topological polar surface area (TPSA) is 35.2 Å². The molecule has 0 radical (unpaired) electrons. The van der Waals surface area contributed by atoms with Gasteiger partial charge < -0.3 is 10.5 Å². The van der Waals surface area contributed by atoms with Crippen molar-refractivity contribution in [1.82, 2.24) is 0 Å². The first kappa shape index (κ1) is 14.0. The SMILES string of the molecule is COc1cccc(C(N)Cc2ccccc2Br)c1F. The van der Waals surface area contributed by atoms with Gasteiger partial charge in [0.1, 0.15) is 0 Å². The van der Waals surface area contributed by atoms with Gasteiger partial charge in [-0.15, -0.1) is 0 Å². The summed E-state index contributed by atoms with van der Waals surface area (Å²) >= 11 is 3.47. The minimum absolute atomic E-state index is 0.222. The first-order valence-electron chi connectivity index (χ1n) is 5.95. The molecule has 0 bridgehead atoms. The summed E-state index contributed by atoms with van der Waals surface area (Å²) < 4.78 is 20.1. The third-order valence-electron chi connectivity index (χ3n) is 3.01. The second-order valence-corrected chi connectivity index (χ2v) is 5.12. The molecule has 2 aromatic carbocycles. The van der Waals surface area contributed by atoms with Crippen molar-refractivity contribution in [3.8, 4) is 5.75 Å². The van der Waals surface area contributed by atoms with E-state index < -0.39 is 6.04 Å². The number of nitrogens with two attached hydrogens (primary N) is 1. The summed E-state index contributed by atoms with van der Waals surface area (Å²) in [5.74, 6) is -0.162. The zero-order valence-corrected chi connectivity index (χ0v) is 12.2. The van der Waals surface area contributed by atoms with Crippen LogP contribution < -0.4 is 10.5 Å². The molecule has 2 N–H and O–H groups in total. The molecular weight excluding hydrogens is 309 g/mol. The average molecular weight is 324 g/mol. The van der Waals surface area contributed by atoms with Gasteiger partial charge in [0.25, 0.3) is 0 Å². The lowest BCUT2D eigenvalue weighted by Gasteiger charge is -2.15. The molecule has 0 aliphatic heterocycles. The molecule has 0 aliphatic carbocycles. The molecule has 100 valence electrons. The Kier molecular flexibility index (Phi) is 4.56. The van der Waals surface area contributed by atoms with Crippen molar-refractivity contribution in [1.29, 1.82) is 0 Å². The van der Waals surface area contributed by atoms with Crippen LogP contribution in [0.15, 0.2) is 46.9 Å². The summed E-state index contributed by atoms with van der Waals surface area (Å²) in [6.45, 7) is 0. The van der Waals surface area contributed by atoms with Crippen LogP contribution in [0.5, 0.6) is 5.75 Å². The van der Waals surface area contributed by atoms with E-state index in [9.17, 15) is 4.39 Å². The Balaban J connectivity index is 2.26. The van der Waals surface area contributed by atoms with Gasteiger partial charge in [0.05, 0.1) is 7.11 Å². The number of hydrogen-bond donors (Lipinski definition) is 1. The maximum absolute atomic E-state index is 14.1. The Bertz CT molecular complexity index is 574. The molecule has 0 saturated heterocycles. The van der Waals surface area contributed by atoms with Crippen LogP contribution in [0.25, 0.3) is 0 Å². The second-order valence-electron chi connectivity index (χ2n) is 4.27. The fraction of sp³-hybridized carbons (Fsp3) is 0.200. The van der Waals surface area contributed by atoms with E-state index in [-0.39, 0.29) is 11.6 Å². The van der Waals surface area contributed by atoms with Crippen molar-refractivity contribution < 1.29 is 9.13 Å². The predicted octanol–water partition coefficient (Wildman–Crippen LogP) is 3.84. The number of benzene rings is 2. The summed E-state index contributed by atoms with van der Waals surface area (Å²) in [6.07, 6.45) is 0.561. The molecule has 0 spiro atoms. The van der Waals surface area contributed by atoms with E-state index in [0.717, 1.165) is 10.0 Å². The average Bonchev–Trinajstić information content (AvgIpc) is 2.41. The van der Waals surface area contributed by atoms with E-state index in [1.54, 1.807) is 18.2 Å². The van der Waals surface area contributed by atoms with Gasteiger partial charge in [-0.1, -0.05) is 46.3 Å². The summed E-state index contributed by atoms with van der Waals surface area (Å²) in [5, 5.41) is 0. The van der Waals surface area contributed by atoms with Crippen molar-refractivity contribution in [3.63, 3.8) is 0 Å². The summed E-state index contributed by atoms with van der Waals surface area (Å²) in [4.78, 5) is 0. The Morgan fingerprint density at radius 1 is 1.21 bits per heavy atom. The van der Waals surface area contributed by atoms with Crippen molar-refractivity contribution >= 4 is 15.9 Å². The molecule has 1 atom stereocenters. The van der Waals surface area contributed by atoms with Crippen LogP contribution in [0.2, 0.25) is 0 Å². The van der Waals surface area contributed by atoms with E-state index in [1.807, 2.05) is 24.3 Å². The molecule has 1 unspecified atom stereocenters. The Morgan fingerprint density at radius 2 is 1.95 bits per heavy atom. The Hall–Kier alpha value is -1.39. The third-order valence-corrected chi connectivity index (χ3v) is 3.78. The fourth-order valence-electron chi connectivity index (χ4n) is 1.98. The van der Waals surface area contributed by atoms with E-state index >= 15 is 0 Å². The third kappa shape index (κ3) is 3.14. The fourth-order valence-corrected chi connectivity index (χ4v) is 2.43. The van der Waals surface area contributed by atoms with Gasteiger partial charge >= 0.3 is 0 Å². The maximum atomic E-state index is 14.1. The Labute approximate surface area is 120 Å². The summed E-state index contributed by atoms with van der Waals surface area (Å²) in [6, 6.07) is 12.4. The molecule has 19 heavy (non-hydrogen) atoms. The van der Waals surface area contributed by atoms with E-state index in [4.69, 9.17) is 10.5 Å². The van der Waals surface area contributed by atoms with Gasteiger partial charge in [0, 0.05) is 16.1 Å². The second kappa shape index (κ2) is 6.17. The van der Waals surface area contributed by atoms with E-state index in [2.05, 4.69) is 15.9 Å². The molecule has 2 nitrogen and oxygen atoms in total. The minimum atomic E-state index is -0.409. The van der Waals surface area contributed by atoms with Crippen LogP contribution in [-0.4, -0.2) is 7.11 Å². The van der Waals surface area contributed by atoms with Crippen molar-refractivity contribution in [2.24, 2.45) is 5.73 Å². The first-order valence-corrected chi connectivity index (χ1v) is 6.74. The zero-order chi connectivity index (χ0) is 13.8. The van der Waals surface area contributed by atoms with Gasteiger partial charge in [-0.25, -0.2) is 4.39 Å². The molecule has 0 saturated carbocycles. The van der Waals surface area contributed by atoms with Gasteiger partial charge in [0.15, 0.2) is 11.6 Å². The summed E-state index contributed by atoms with van der Waals surface area (Å²) in [7, 11) is 1.45. The van der Waals surface area contributed by atoms with Crippen LogP contribution in [0.1, 0.15) is 17.2 Å². The quantitative estimate of drug-likeness (QED) is 0.927. The highest BCUT2D eigenvalue weighted by atomic mass is 79.9. The van der Waals surface area contributed by atoms with Crippen LogP contribution in [0, 0.1) is 5.82 Å². The zero-order valence-electron chi connectivity index (χ0n) is 10.6. The van der Waals surface area contributed by atoms with Crippen LogP contribution in [0.4, 0.5) is 4.39 Å². The standard InChI is InChI=1S/C15H15BrFNO/c1-19-14-8-4-6-11(15(14)17)13(18)9-10-5-2-3-7-12(10)16/h2-8,13H,9,18H2,1H3. The first-order chi connectivity index (χ1) is 9.13. The normalized spacial score (nSPS) is 12.2. The van der Waals surface area contributed by atoms with Gasteiger partial charge in [-0.05, 0) is 24.1 Å². The molecule has 0 fully saturated rings. The maximum Gasteiger partial charge on any atom is 0.169 e. The monoisotopic (exact) mass is 323 g/mol. The van der Waals surface area contributed by atoms with Crippen LogP contribution >= 0.6 is 15.9 Å². The summed E-state index contributed by atoms with van der Waals surface area (Å²) in [5.41, 5.74) is 7.62. The highest BCUT2D eigenvalue weighted by Crippen LogP contribution is 2.27. The van der Waals surface area contributed by atoms with Crippen molar-refractivity contribution in [2.75, 3.05) is 7.11 Å². The lowest BCUT2D eigenvalue weighted by atomic mass is 9.99. The molecule has 2 aromatic rings. The van der Waals surface area contributed by atoms with Gasteiger partial charge in [0.2, 0.25) is 0 Å². The van der Waals surface area contributed by atoms with E-state index in [0.29, 0.717) is 12.0 Å². The lowest BCUT2D eigenvalue weighted by molar-refractivity contribution is 0.382. The highest BCUT2D eigenvalue weighted by molar-refractivity contribution is 9.10. The molecule has 2 rings (SSSR count). The van der Waals surface area contributed by atoms with E-state index in [1.165, 1.54) is 7.11 Å². The molecule has 0 amide bonds. The van der Waals surface area contributed by atoms with Gasteiger partial charge in [-0.2, -0.15) is 0 Å². The molecule has 0 aromatic heterocycles. The van der Waals surface area contributed by atoms with Gasteiger partial charge in [-0.3, -0.25) is 0 Å². The molecule has 0 heterocycles. The molecule has 4 heteroatoms. The van der Waals surface area contributed by atoms with Crippen molar-refractivity contribution in [2.45, 2.75) is 12.5 Å². The smallest absolute Gasteiger partial charge is 0.169 e. The van der Waals surface area contributed by atoms with Crippen molar-refractivity contribution in [3.05, 3.63) is 63.9 Å². The lowest BCUT2D eigenvalue weighted by Crippen LogP contribution is -2.15. The minimum Gasteiger partial charge on any atom is -0.494 e. The highest BCUT2D eigenvalue weighted by Gasteiger charge is 2.16. The number of halogens is 2. The molecular formula is C15H15BrFNO. The predicted molar refractivity (Wildman–Crippen MR) is 77.7 cm³/mol. The number of methoxy groups -OCH3 is 1. The number of rotatable bonds is 4. The number of ether oxygens (including phenoxy) is 1. The number of hydrogen-bond acceptors (Lipinski definition) is 2. The molecule has 0 aliphatic rings. The van der Waals surface area contributed by atoms with Crippen LogP contribution in [0.3, 0.4) is 0 Å². The Morgan fingerprint density at radius 3 is 2.63 bits per heavy atom. The van der Waals surface area contributed by atoms with Crippen LogP contribution in [-0.2, 0) is 6.42 Å².